The van der Waals surface area contributed by atoms with E-state index in [-0.39, 0.29) is 10.6 Å². The minimum Gasteiger partial charge on any atom is -0.480 e. The van der Waals surface area contributed by atoms with Gasteiger partial charge < -0.3 is 5.11 Å². The molecule has 0 saturated carbocycles. The van der Waals surface area contributed by atoms with Gasteiger partial charge in [-0.25, -0.2) is 0 Å². The summed E-state index contributed by atoms with van der Waals surface area (Å²) < 4.78 is 62.5. The van der Waals surface area contributed by atoms with E-state index in [0.717, 1.165) is 12.1 Å². The number of hydrogen-bond donors (Lipinski definition) is 1. The van der Waals surface area contributed by atoms with Gasteiger partial charge in [-0.15, -0.1) is 0 Å². The average Bonchev–Trinajstić information content (AvgIpc) is 2.34. The summed E-state index contributed by atoms with van der Waals surface area (Å²) in [7, 11) is 0. The Kier molecular flexibility index (Phi) is 4.31. The van der Waals surface area contributed by atoms with Crippen LogP contribution < -0.4 is 4.90 Å². The number of carbonyl (C=O) groups is 2. The molecule has 9 heteroatoms. The normalized spacial score (nSPS) is 12.1. The number of alkyl halides is 5. The highest BCUT2D eigenvalue weighted by Crippen LogP contribution is 2.37. The van der Waals surface area contributed by atoms with Crippen molar-refractivity contribution >= 4 is 17.6 Å². The van der Waals surface area contributed by atoms with E-state index in [1.807, 2.05) is 0 Å². The lowest BCUT2D eigenvalue weighted by Crippen LogP contribution is -2.53. The van der Waals surface area contributed by atoms with Gasteiger partial charge in [0.25, 0.3) is 0 Å². The zero-order chi connectivity index (χ0) is 15.6. The fourth-order valence-corrected chi connectivity index (χ4v) is 1.31. The number of carbonyl (C=O) groups excluding carboxylic acids is 1. The molecule has 0 heterocycles. The van der Waals surface area contributed by atoms with E-state index >= 15 is 0 Å². The Morgan fingerprint density at radius 1 is 1.05 bits per heavy atom. The van der Waals surface area contributed by atoms with E-state index in [1.165, 1.54) is 18.2 Å². The molecular formula is C11H8F5NO3. The van der Waals surface area contributed by atoms with Crippen molar-refractivity contribution in [1.29, 1.82) is 0 Å². The van der Waals surface area contributed by atoms with Gasteiger partial charge in [0, 0.05) is 5.69 Å². The maximum atomic E-state index is 13.0. The molecule has 1 N–H and O–H groups in total. The summed E-state index contributed by atoms with van der Waals surface area (Å²) in [5.41, 5.74) is -0.371. The van der Waals surface area contributed by atoms with Crippen molar-refractivity contribution in [1.82, 2.24) is 0 Å². The second-order valence-electron chi connectivity index (χ2n) is 3.69. The van der Waals surface area contributed by atoms with Crippen molar-refractivity contribution in [2.75, 3.05) is 11.4 Å². The second kappa shape index (κ2) is 5.43. The third-order valence-electron chi connectivity index (χ3n) is 2.23. The first kappa shape index (κ1) is 15.9. The summed E-state index contributed by atoms with van der Waals surface area (Å²) in [6.45, 7) is -1.31. The summed E-state index contributed by atoms with van der Waals surface area (Å²) in [4.78, 5) is 21.8. The van der Waals surface area contributed by atoms with E-state index in [1.54, 1.807) is 0 Å². The Labute approximate surface area is 109 Å². The van der Waals surface area contributed by atoms with Gasteiger partial charge in [-0.1, -0.05) is 18.2 Å². The molecule has 0 atom stereocenters. The predicted molar refractivity (Wildman–Crippen MR) is 57.4 cm³/mol. The highest BCUT2D eigenvalue weighted by molar-refractivity contribution is 6.01. The van der Waals surface area contributed by atoms with Crippen LogP contribution in [0.25, 0.3) is 0 Å². The molecule has 1 aromatic carbocycles. The molecule has 1 aromatic rings. The van der Waals surface area contributed by atoms with Crippen LogP contribution in [0, 0.1) is 0 Å². The Hall–Kier alpha value is -2.19. The third kappa shape index (κ3) is 3.22. The highest BCUT2D eigenvalue weighted by Gasteiger charge is 2.65. The summed E-state index contributed by atoms with van der Waals surface area (Å²) >= 11 is 0. The van der Waals surface area contributed by atoms with Crippen LogP contribution in [0.1, 0.15) is 0 Å². The predicted octanol–water partition coefficient (Wildman–Crippen LogP) is 2.30. The lowest BCUT2D eigenvalue weighted by Gasteiger charge is -2.26. The summed E-state index contributed by atoms with van der Waals surface area (Å²) in [5.74, 6) is -10.0. The molecule has 0 aromatic heterocycles. The molecule has 1 amide bonds. The molecule has 20 heavy (non-hydrogen) atoms. The van der Waals surface area contributed by atoms with Crippen molar-refractivity contribution in [3.8, 4) is 0 Å². The van der Waals surface area contributed by atoms with Gasteiger partial charge >= 0.3 is 24.0 Å². The first-order valence-electron chi connectivity index (χ1n) is 5.10. The largest absolute Gasteiger partial charge is 0.480 e. The maximum absolute atomic E-state index is 13.0. The zero-order valence-corrected chi connectivity index (χ0v) is 9.69. The van der Waals surface area contributed by atoms with Crippen LogP contribution in [0.2, 0.25) is 0 Å². The molecular weight excluding hydrogens is 289 g/mol. The van der Waals surface area contributed by atoms with Crippen molar-refractivity contribution in [3.05, 3.63) is 30.3 Å². The quantitative estimate of drug-likeness (QED) is 0.868. The van der Waals surface area contributed by atoms with Crippen LogP contribution in [-0.4, -0.2) is 35.6 Å². The summed E-state index contributed by atoms with van der Waals surface area (Å²) in [6.07, 6.45) is -6.10. The monoisotopic (exact) mass is 297 g/mol. The number of rotatable bonds is 4. The van der Waals surface area contributed by atoms with Gasteiger partial charge in [0.1, 0.15) is 6.54 Å². The smallest absolute Gasteiger partial charge is 0.463 e. The van der Waals surface area contributed by atoms with E-state index in [4.69, 9.17) is 5.11 Å². The third-order valence-corrected chi connectivity index (χ3v) is 2.23. The minimum atomic E-state index is -6.10. The molecule has 0 aliphatic carbocycles. The molecule has 0 bridgehead atoms. The standard InChI is InChI=1S/C11H8F5NO3/c12-10(13,11(14,15)16)9(20)17(6-8(18)19)7-4-2-1-3-5-7/h1-5H,6H2,(H,18,19). The fraction of sp³-hybridized carbons (Fsp3) is 0.273. The Morgan fingerprint density at radius 3 is 1.95 bits per heavy atom. The van der Waals surface area contributed by atoms with Gasteiger partial charge in [-0.05, 0) is 12.1 Å². The number of carboxylic acids is 1. The molecule has 0 aliphatic rings. The van der Waals surface area contributed by atoms with Gasteiger partial charge in [0.05, 0.1) is 0 Å². The number of carboxylic acid groups (broad SMARTS) is 1. The van der Waals surface area contributed by atoms with Gasteiger partial charge in [0.15, 0.2) is 0 Å². The van der Waals surface area contributed by atoms with Crippen LogP contribution in [0.15, 0.2) is 30.3 Å². The van der Waals surface area contributed by atoms with Gasteiger partial charge in [0.2, 0.25) is 0 Å². The molecule has 1 rings (SSSR count). The fourth-order valence-electron chi connectivity index (χ4n) is 1.31. The van der Waals surface area contributed by atoms with Crippen molar-refractivity contribution in [2.45, 2.75) is 12.1 Å². The van der Waals surface area contributed by atoms with Crippen LogP contribution in [0.4, 0.5) is 27.6 Å². The Morgan fingerprint density at radius 2 is 1.55 bits per heavy atom. The molecule has 0 fully saturated rings. The molecule has 4 nitrogen and oxygen atoms in total. The molecule has 110 valence electrons. The topological polar surface area (TPSA) is 57.6 Å². The Bertz CT molecular complexity index is 501. The van der Waals surface area contributed by atoms with Crippen molar-refractivity contribution in [3.63, 3.8) is 0 Å². The highest BCUT2D eigenvalue weighted by atomic mass is 19.4. The lowest BCUT2D eigenvalue weighted by atomic mass is 10.2. The number of amides is 1. The molecule has 0 spiro atoms. The average molecular weight is 297 g/mol. The van der Waals surface area contributed by atoms with E-state index in [2.05, 4.69) is 0 Å². The second-order valence-corrected chi connectivity index (χ2v) is 3.69. The van der Waals surface area contributed by atoms with Crippen LogP contribution >= 0.6 is 0 Å². The van der Waals surface area contributed by atoms with Gasteiger partial charge in [-0.3, -0.25) is 14.5 Å². The van der Waals surface area contributed by atoms with E-state index in [0.29, 0.717) is 0 Å². The minimum absolute atomic E-state index is 0.129. The SMILES string of the molecule is O=C(O)CN(C(=O)C(F)(F)C(F)(F)F)c1ccccc1. The number of nitrogens with zero attached hydrogens (tertiary/aromatic N) is 1. The molecule has 0 aliphatic heterocycles. The lowest BCUT2D eigenvalue weighted by molar-refractivity contribution is -0.268. The van der Waals surface area contributed by atoms with Crippen molar-refractivity contribution in [2.24, 2.45) is 0 Å². The molecule has 0 radical (unpaired) electrons. The first-order chi connectivity index (χ1) is 9.07. The Balaban J connectivity index is 3.19. The first-order valence-corrected chi connectivity index (χ1v) is 5.10. The number of para-hydroxylation sites is 1. The van der Waals surface area contributed by atoms with Crippen LogP contribution in [-0.2, 0) is 9.59 Å². The number of hydrogen-bond acceptors (Lipinski definition) is 2. The van der Waals surface area contributed by atoms with Gasteiger partial charge in [-0.2, -0.15) is 22.0 Å². The molecule has 0 saturated heterocycles. The zero-order valence-electron chi connectivity index (χ0n) is 9.69. The van der Waals surface area contributed by atoms with E-state index < -0.39 is 30.5 Å². The van der Waals surface area contributed by atoms with E-state index in [9.17, 15) is 31.5 Å². The summed E-state index contributed by atoms with van der Waals surface area (Å²) in [5, 5.41) is 8.54. The number of anilines is 1. The van der Waals surface area contributed by atoms with Crippen molar-refractivity contribution < 1.29 is 36.6 Å². The number of aliphatic carboxylic acids is 1. The van der Waals surface area contributed by atoms with Crippen LogP contribution in [0.5, 0.6) is 0 Å². The number of benzene rings is 1. The van der Waals surface area contributed by atoms with Crippen LogP contribution in [0.3, 0.4) is 0 Å². The number of halogens is 5. The summed E-state index contributed by atoms with van der Waals surface area (Å²) in [6, 6.07) is 6.06. The molecule has 0 unspecified atom stereocenters. The maximum Gasteiger partial charge on any atom is 0.463 e.